The number of carbonyl (C=O) groups is 1. The molecule has 0 saturated carbocycles. The Bertz CT molecular complexity index is 1190. The lowest BCUT2D eigenvalue weighted by Gasteiger charge is -2.27. The first kappa shape index (κ1) is 22.4. The molecule has 3 aromatic heterocycles. The number of pyridine rings is 2. The average molecular weight is 447 g/mol. The highest BCUT2D eigenvalue weighted by molar-refractivity contribution is 7.90. The fourth-order valence-electron chi connectivity index (χ4n) is 3.15. The van der Waals surface area contributed by atoms with Gasteiger partial charge in [0.2, 0.25) is 5.95 Å². The van der Waals surface area contributed by atoms with Crippen LogP contribution in [0.3, 0.4) is 0 Å². The SMILES string of the molecule is CC(C)(C)CN(Cc1cc(-c2cccnc2F)n(S(=O)(=O)c2cccnc2)c1)C(=O)O. The summed E-state index contributed by atoms with van der Waals surface area (Å²) in [6.07, 6.45) is 4.08. The highest BCUT2D eigenvalue weighted by Crippen LogP contribution is 2.29. The zero-order valence-corrected chi connectivity index (χ0v) is 18.2. The number of hydrogen-bond acceptors (Lipinski definition) is 5. The van der Waals surface area contributed by atoms with E-state index in [-0.39, 0.29) is 34.7 Å². The molecule has 164 valence electrons. The predicted octanol–water partition coefficient (Wildman–Crippen LogP) is 3.85. The Morgan fingerprint density at radius 3 is 2.52 bits per heavy atom. The first-order chi connectivity index (χ1) is 14.5. The Morgan fingerprint density at radius 1 is 1.23 bits per heavy atom. The van der Waals surface area contributed by atoms with Crippen molar-refractivity contribution in [3.05, 3.63) is 66.6 Å². The molecule has 3 aromatic rings. The fraction of sp³-hybridized carbons (Fsp3) is 0.286. The molecule has 0 aliphatic rings. The van der Waals surface area contributed by atoms with Crippen molar-refractivity contribution in [1.29, 1.82) is 0 Å². The van der Waals surface area contributed by atoms with Crippen molar-refractivity contribution in [2.24, 2.45) is 5.41 Å². The van der Waals surface area contributed by atoms with Crippen molar-refractivity contribution in [3.63, 3.8) is 0 Å². The van der Waals surface area contributed by atoms with Crippen molar-refractivity contribution < 1.29 is 22.7 Å². The van der Waals surface area contributed by atoms with E-state index in [4.69, 9.17) is 0 Å². The molecule has 0 unspecified atom stereocenters. The molecule has 0 fully saturated rings. The van der Waals surface area contributed by atoms with Gasteiger partial charge < -0.3 is 10.0 Å². The molecule has 8 nitrogen and oxygen atoms in total. The summed E-state index contributed by atoms with van der Waals surface area (Å²) in [4.78, 5) is 20.3. The van der Waals surface area contributed by atoms with Gasteiger partial charge in [-0.25, -0.2) is 22.2 Å². The van der Waals surface area contributed by atoms with E-state index < -0.39 is 22.1 Å². The van der Waals surface area contributed by atoms with Gasteiger partial charge in [0, 0.05) is 31.3 Å². The first-order valence-electron chi connectivity index (χ1n) is 9.45. The van der Waals surface area contributed by atoms with E-state index in [2.05, 4.69) is 9.97 Å². The Labute approximate surface area is 180 Å². The van der Waals surface area contributed by atoms with Gasteiger partial charge in [0.25, 0.3) is 10.0 Å². The van der Waals surface area contributed by atoms with Crippen LogP contribution in [-0.4, -0.2) is 45.0 Å². The second kappa shape index (κ2) is 8.46. The molecular formula is C21H23FN4O4S. The number of nitrogens with zero attached hydrogens (tertiary/aromatic N) is 4. The third-order valence-corrected chi connectivity index (χ3v) is 6.04. The third kappa shape index (κ3) is 5.08. The maximum absolute atomic E-state index is 14.4. The molecular weight excluding hydrogens is 423 g/mol. The Hall–Kier alpha value is -3.27. The number of amides is 1. The summed E-state index contributed by atoms with van der Waals surface area (Å²) in [6, 6.07) is 7.24. The van der Waals surface area contributed by atoms with Crippen LogP contribution in [0.15, 0.2) is 60.0 Å². The molecule has 0 bridgehead atoms. The maximum atomic E-state index is 14.4. The van der Waals surface area contributed by atoms with Crippen molar-refractivity contribution >= 4 is 16.1 Å². The summed E-state index contributed by atoms with van der Waals surface area (Å²) in [7, 11) is -4.11. The lowest BCUT2D eigenvalue weighted by Crippen LogP contribution is -2.36. The van der Waals surface area contributed by atoms with Crippen molar-refractivity contribution in [3.8, 4) is 11.3 Å². The van der Waals surface area contributed by atoms with Crippen LogP contribution in [0.5, 0.6) is 0 Å². The Kier molecular flexibility index (Phi) is 6.12. The molecule has 0 aromatic carbocycles. The second-order valence-corrected chi connectivity index (χ2v) is 10.1. The van der Waals surface area contributed by atoms with Crippen LogP contribution in [0.4, 0.5) is 9.18 Å². The molecule has 0 aliphatic heterocycles. The number of aromatic nitrogens is 3. The van der Waals surface area contributed by atoms with Gasteiger partial charge in [0.1, 0.15) is 4.90 Å². The number of halogens is 1. The van der Waals surface area contributed by atoms with Crippen LogP contribution in [0, 0.1) is 11.4 Å². The van der Waals surface area contributed by atoms with Crippen LogP contribution in [-0.2, 0) is 16.6 Å². The van der Waals surface area contributed by atoms with Gasteiger partial charge in [-0.15, -0.1) is 0 Å². The molecule has 3 rings (SSSR count). The Morgan fingerprint density at radius 2 is 1.94 bits per heavy atom. The van der Waals surface area contributed by atoms with Gasteiger partial charge in [-0.1, -0.05) is 20.8 Å². The molecule has 0 spiro atoms. The molecule has 0 radical (unpaired) electrons. The van der Waals surface area contributed by atoms with E-state index in [0.717, 1.165) is 3.97 Å². The van der Waals surface area contributed by atoms with E-state index in [1.165, 1.54) is 60.0 Å². The minimum atomic E-state index is -4.11. The minimum absolute atomic E-state index is 0.0149. The third-order valence-electron chi connectivity index (χ3n) is 4.38. The number of rotatable bonds is 6. The lowest BCUT2D eigenvalue weighted by atomic mass is 9.96. The van der Waals surface area contributed by atoms with Gasteiger partial charge in [0.05, 0.1) is 17.8 Å². The highest BCUT2D eigenvalue weighted by Gasteiger charge is 2.26. The van der Waals surface area contributed by atoms with E-state index in [9.17, 15) is 22.7 Å². The van der Waals surface area contributed by atoms with E-state index >= 15 is 0 Å². The first-order valence-corrected chi connectivity index (χ1v) is 10.9. The minimum Gasteiger partial charge on any atom is -0.465 e. The summed E-state index contributed by atoms with van der Waals surface area (Å²) in [5.74, 6) is -0.834. The molecule has 1 N–H and O–H groups in total. The van der Waals surface area contributed by atoms with Gasteiger partial charge in [-0.2, -0.15) is 4.39 Å². The van der Waals surface area contributed by atoms with Gasteiger partial charge >= 0.3 is 6.09 Å². The summed E-state index contributed by atoms with van der Waals surface area (Å²) in [5, 5.41) is 9.60. The van der Waals surface area contributed by atoms with Crippen molar-refractivity contribution in [1.82, 2.24) is 18.8 Å². The summed E-state index contributed by atoms with van der Waals surface area (Å²) >= 11 is 0. The van der Waals surface area contributed by atoms with Gasteiger partial charge in [-0.05, 0) is 41.3 Å². The molecule has 31 heavy (non-hydrogen) atoms. The zero-order chi connectivity index (χ0) is 22.8. The molecule has 1 amide bonds. The highest BCUT2D eigenvalue weighted by atomic mass is 32.2. The van der Waals surface area contributed by atoms with Gasteiger partial charge in [0.15, 0.2) is 0 Å². The quantitative estimate of drug-likeness (QED) is 0.577. The molecule has 10 heteroatoms. The topological polar surface area (TPSA) is 105 Å². The monoisotopic (exact) mass is 446 g/mol. The maximum Gasteiger partial charge on any atom is 0.407 e. The van der Waals surface area contributed by atoms with Crippen LogP contribution in [0.1, 0.15) is 26.3 Å². The summed E-state index contributed by atoms with van der Waals surface area (Å²) in [6.45, 7) is 5.88. The zero-order valence-electron chi connectivity index (χ0n) is 17.4. The smallest absolute Gasteiger partial charge is 0.407 e. The normalized spacial score (nSPS) is 12.0. The lowest BCUT2D eigenvalue weighted by molar-refractivity contribution is 0.123. The summed E-state index contributed by atoms with van der Waals surface area (Å²) in [5.41, 5.74) is 0.128. The van der Waals surface area contributed by atoms with E-state index in [1.807, 2.05) is 20.8 Å². The van der Waals surface area contributed by atoms with E-state index in [0.29, 0.717) is 5.56 Å². The van der Waals surface area contributed by atoms with Crippen LogP contribution >= 0.6 is 0 Å². The molecule has 0 aliphatic carbocycles. The van der Waals surface area contributed by atoms with Crippen molar-refractivity contribution in [2.45, 2.75) is 32.2 Å². The fourth-order valence-corrected chi connectivity index (χ4v) is 4.51. The van der Waals surface area contributed by atoms with Crippen LogP contribution in [0.2, 0.25) is 0 Å². The van der Waals surface area contributed by atoms with Crippen molar-refractivity contribution in [2.75, 3.05) is 6.54 Å². The standard InChI is InChI=1S/C21H23FN4O4S/c1-21(2,3)14-25(20(27)28)12-15-10-18(17-7-5-9-24-19(17)22)26(13-15)31(29,30)16-6-4-8-23-11-16/h4-11,13H,12,14H2,1-3H3,(H,27,28). The predicted molar refractivity (Wildman–Crippen MR) is 112 cm³/mol. The van der Waals surface area contributed by atoms with Gasteiger partial charge in [-0.3, -0.25) is 4.98 Å². The average Bonchev–Trinajstić information content (AvgIpc) is 3.12. The second-order valence-electron chi connectivity index (χ2n) is 8.26. The summed E-state index contributed by atoms with van der Waals surface area (Å²) < 4.78 is 41.9. The van der Waals surface area contributed by atoms with Crippen LogP contribution in [0.25, 0.3) is 11.3 Å². The van der Waals surface area contributed by atoms with E-state index in [1.54, 1.807) is 0 Å². The molecule has 0 saturated heterocycles. The van der Waals surface area contributed by atoms with Crippen LogP contribution < -0.4 is 0 Å². The number of hydrogen-bond donors (Lipinski definition) is 1. The largest absolute Gasteiger partial charge is 0.465 e. The number of carboxylic acid groups (broad SMARTS) is 1. The molecule has 3 heterocycles. The molecule has 0 atom stereocenters. The Balaban J connectivity index is 2.13.